The fraction of sp³-hybridized carbons (Fsp3) is 0.462. The summed E-state index contributed by atoms with van der Waals surface area (Å²) in [6.45, 7) is 0.660. The Kier molecular flexibility index (Phi) is 3.24. The lowest BCUT2D eigenvalue weighted by Gasteiger charge is -2.25. The van der Waals surface area contributed by atoms with Gasteiger partial charge in [0.25, 0.3) is 5.91 Å². The van der Waals surface area contributed by atoms with Crippen LogP contribution in [0.1, 0.15) is 24.5 Å². The van der Waals surface area contributed by atoms with Gasteiger partial charge in [0, 0.05) is 28.3 Å². The number of aliphatic hydroxyl groups excluding tert-OH is 2. The number of benzene rings is 1. The van der Waals surface area contributed by atoms with Crippen molar-refractivity contribution in [1.82, 2.24) is 0 Å². The van der Waals surface area contributed by atoms with E-state index >= 15 is 0 Å². The molecule has 2 aliphatic rings. The van der Waals surface area contributed by atoms with Gasteiger partial charge in [0.15, 0.2) is 6.10 Å². The molecule has 1 aromatic rings. The quantitative estimate of drug-likeness (QED) is 0.782. The van der Waals surface area contributed by atoms with Crippen LogP contribution in [0, 0.1) is 0 Å². The van der Waals surface area contributed by atoms with Gasteiger partial charge in [-0.3, -0.25) is 4.79 Å². The van der Waals surface area contributed by atoms with Gasteiger partial charge < -0.3 is 20.4 Å². The molecule has 0 bridgehead atoms. The Bertz CT molecular complexity index is 531. The number of fused-ring (bicyclic) bond motifs is 1. The number of aliphatic hydroxyl groups is 2. The van der Waals surface area contributed by atoms with Crippen LogP contribution in [0.25, 0.3) is 0 Å². The van der Waals surface area contributed by atoms with E-state index in [4.69, 9.17) is 0 Å². The van der Waals surface area contributed by atoms with Crippen LogP contribution in [0.4, 0.5) is 11.4 Å². The Balaban J connectivity index is 1.99. The predicted molar refractivity (Wildman–Crippen MR) is 75.2 cm³/mol. The molecule has 102 valence electrons. The molecule has 1 aliphatic heterocycles. The Morgan fingerprint density at radius 3 is 2.79 bits per heavy atom. The molecule has 19 heavy (non-hydrogen) atoms. The van der Waals surface area contributed by atoms with Crippen LogP contribution in [0.3, 0.4) is 0 Å². The van der Waals surface area contributed by atoms with Gasteiger partial charge in [-0.15, -0.1) is 0 Å². The first-order valence-electron chi connectivity index (χ1n) is 6.31. The fourth-order valence-corrected chi connectivity index (χ4v) is 3.06. The molecular formula is C13H15BrN2O3. The number of rotatable bonds is 4. The highest BCUT2D eigenvalue weighted by Crippen LogP contribution is 2.42. The standard InChI is InChI=1S/C13H15BrN2O3/c14-9-5-8-10(15-13(19)12(8)18)6-11(9)16(3-4-17)7-1-2-7/h5-7,12,17-18H,1-4H2,(H,15,19). The highest BCUT2D eigenvalue weighted by atomic mass is 79.9. The third kappa shape index (κ3) is 2.24. The molecule has 1 aromatic carbocycles. The number of hydrogen-bond donors (Lipinski definition) is 3. The number of halogens is 1. The second kappa shape index (κ2) is 4.77. The molecule has 1 unspecified atom stereocenters. The van der Waals surface area contributed by atoms with E-state index < -0.39 is 6.10 Å². The van der Waals surface area contributed by atoms with Gasteiger partial charge in [0.1, 0.15) is 0 Å². The lowest BCUT2D eigenvalue weighted by Crippen LogP contribution is -2.29. The number of nitrogens with one attached hydrogen (secondary N) is 1. The molecule has 1 heterocycles. The molecule has 1 aliphatic carbocycles. The van der Waals surface area contributed by atoms with Crippen molar-refractivity contribution < 1.29 is 15.0 Å². The molecule has 0 saturated heterocycles. The maximum Gasteiger partial charge on any atom is 0.257 e. The smallest absolute Gasteiger partial charge is 0.257 e. The topological polar surface area (TPSA) is 72.8 Å². The number of carbonyl (C=O) groups is 1. The summed E-state index contributed by atoms with van der Waals surface area (Å²) >= 11 is 3.49. The van der Waals surface area contributed by atoms with Crippen LogP contribution in [0.15, 0.2) is 16.6 Å². The molecular weight excluding hydrogens is 312 g/mol. The fourth-order valence-electron chi connectivity index (χ4n) is 2.47. The lowest BCUT2D eigenvalue weighted by atomic mass is 10.1. The third-order valence-electron chi connectivity index (χ3n) is 3.56. The van der Waals surface area contributed by atoms with E-state index in [1.807, 2.05) is 6.07 Å². The van der Waals surface area contributed by atoms with E-state index in [0.717, 1.165) is 23.0 Å². The van der Waals surface area contributed by atoms with Gasteiger partial charge in [-0.1, -0.05) is 0 Å². The van der Waals surface area contributed by atoms with Crippen molar-refractivity contribution in [2.75, 3.05) is 23.4 Å². The van der Waals surface area contributed by atoms with Gasteiger partial charge in [0.05, 0.1) is 12.3 Å². The maximum absolute atomic E-state index is 11.5. The average molecular weight is 327 g/mol. The van der Waals surface area contributed by atoms with E-state index in [0.29, 0.717) is 23.8 Å². The van der Waals surface area contributed by atoms with Crippen LogP contribution in [-0.2, 0) is 4.79 Å². The minimum Gasteiger partial charge on any atom is -0.395 e. The maximum atomic E-state index is 11.5. The molecule has 3 N–H and O–H groups in total. The van der Waals surface area contributed by atoms with Crippen LogP contribution in [0.5, 0.6) is 0 Å². The van der Waals surface area contributed by atoms with Crippen LogP contribution in [0.2, 0.25) is 0 Å². The highest BCUT2D eigenvalue weighted by Gasteiger charge is 2.33. The Morgan fingerprint density at radius 2 is 2.16 bits per heavy atom. The largest absolute Gasteiger partial charge is 0.395 e. The zero-order chi connectivity index (χ0) is 13.6. The van der Waals surface area contributed by atoms with Crippen LogP contribution < -0.4 is 10.2 Å². The Hall–Kier alpha value is -1.11. The molecule has 1 fully saturated rings. The first-order chi connectivity index (χ1) is 9.11. The molecule has 0 radical (unpaired) electrons. The Morgan fingerprint density at radius 1 is 1.42 bits per heavy atom. The SMILES string of the molecule is O=C1Nc2cc(N(CCO)C3CC3)c(Br)cc2C1O. The predicted octanol–water partition coefficient (Wildman–Crippen LogP) is 1.40. The summed E-state index contributed by atoms with van der Waals surface area (Å²) in [5.41, 5.74) is 2.20. The van der Waals surface area contributed by atoms with Crippen LogP contribution >= 0.6 is 15.9 Å². The van der Waals surface area contributed by atoms with Gasteiger partial charge in [-0.05, 0) is 40.9 Å². The molecule has 0 aromatic heterocycles. The first kappa shape index (κ1) is 12.9. The molecule has 0 spiro atoms. The van der Waals surface area contributed by atoms with Gasteiger partial charge in [-0.25, -0.2) is 0 Å². The van der Waals surface area contributed by atoms with E-state index in [1.165, 1.54) is 0 Å². The van der Waals surface area contributed by atoms with Gasteiger partial charge >= 0.3 is 0 Å². The van der Waals surface area contributed by atoms with Crippen molar-refractivity contribution in [3.05, 3.63) is 22.2 Å². The highest BCUT2D eigenvalue weighted by molar-refractivity contribution is 9.10. The number of anilines is 2. The summed E-state index contributed by atoms with van der Waals surface area (Å²) in [4.78, 5) is 13.6. The first-order valence-corrected chi connectivity index (χ1v) is 7.11. The van der Waals surface area contributed by atoms with E-state index in [9.17, 15) is 15.0 Å². The monoisotopic (exact) mass is 326 g/mol. The summed E-state index contributed by atoms with van der Waals surface area (Å²) in [5, 5.41) is 21.6. The summed E-state index contributed by atoms with van der Waals surface area (Å²) in [6.07, 6.45) is 1.16. The van der Waals surface area contributed by atoms with Crippen molar-refractivity contribution in [3.8, 4) is 0 Å². The normalized spacial score (nSPS) is 21.2. The van der Waals surface area contributed by atoms with Crippen molar-refractivity contribution in [1.29, 1.82) is 0 Å². The summed E-state index contributed by atoms with van der Waals surface area (Å²) < 4.78 is 0.835. The molecule has 5 nitrogen and oxygen atoms in total. The third-order valence-corrected chi connectivity index (χ3v) is 4.19. The average Bonchev–Trinajstić information content (AvgIpc) is 3.17. The number of carbonyl (C=O) groups excluding carboxylic acids is 1. The lowest BCUT2D eigenvalue weighted by molar-refractivity contribution is -0.123. The molecule has 1 amide bonds. The summed E-state index contributed by atoms with van der Waals surface area (Å²) in [5.74, 6) is -0.390. The second-order valence-electron chi connectivity index (χ2n) is 4.93. The van der Waals surface area contributed by atoms with Crippen molar-refractivity contribution in [2.45, 2.75) is 25.0 Å². The molecule has 6 heteroatoms. The zero-order valence-corrected chi connectivity index (χ0v) is 11.9. The van der Waals surface area contributed by atoms with Crippen molar-refractivity contribution in [2.24, 2.45) is 0 Å². The molecule has 1 atom stereocenters. The van der Waals surface area contributed by atoms with Gasteiger partial charge in [-0.2, -0.15) is 0 Å². The van der Waals surface area contributed by atoms with Crippen LogP contribution in [-0.4, -0.2) is 35.3 Å². The van der Waals surface area contributed by atoms with E-state index in [1.54, 1.807) is 6.07 Å². The van der Waals surface area contributed by atoms with E-state index in [-0.39, 0.29) is 12.5 Å². The summed E-state index contributed by atoms with van der Waals surface area (Å²) in [6, 6.07) is 4.10. The van der Waals surface area contributed by atoms with Crippen molar-refractivity contribution >= 4 is 33.2 Å². The second-order valence-corrected chi connectivity index (χ2v) is 5.79. The number of hydrogen-bond acceptors (Lipinski definition) is 4. The minimum absolute atomic E-state index is 0.0923. The molecule has 3 rings (SSSR count). The number of amides is 1. The zero-order valence-electron chi connectivity index (χ0n) is 10.3. The van der Waals surface area contributed by atoms with E-state index in [2.05, 4.69) is 26.1 Å². The summed E-state index contributed by atoms with van der Waals surface area (Å²) in [7, 11) is 0. The number of nitrogens with zero attached hydrogens (tertiary/aromatic N) is 1. The minimum atomic E-state index is -1.09. The molecule has 1 saturated carbocycles. The Labute approximate surface area is 119 Å². The van der Waals surface area contributed by atoms with Gasteiger partial charge in [0.2, 0.25) is 0 Å². The van der Waals surface area contributed by atoms with Crippen molar-refractivity contribution in [3.63, 3.8) is 0 Å².